The summed E-state index contributed by atoms with van der Waals surface area (Å²) in [5, 5.41) is 2.93. The SMILES string of the molecule is CNc1cc(N(C)CCOC)nc(N)n1. The standard InChI is InChI=1S/C9H17N5O/c1-11-7-6-8(13-9(10)12-7)14(2)4-5-15-3/h6H,4-5H2,1-3H3,(H3,10,11,12,13). The normalized spacial score (nSPS) is 10.1. The number of rotatable bonds is 5. The van der Waals surface area contributed by atoms with Gasteiger partial charge < -0.3 is 20.7 Å². The third-order valence-corrected chi connectivity index (χ3v) is 2.01. The first-order valence-electron chi connectivity index (χ1n) is 4.69. The van der Waals surface area contributed by atoms with Gasteiger partial charge in [-0.1, -0.05) is 0 Å². The number of anilines is 3. The number of methoxy groups -OCH3 is 1. The molecule has 0 aliphatic carbocycles. The Labute approximate surface area is 89.5 Å². The van der Waals surface area contributed by atoms with Gasteiger partial charge in [-0.2, -0.15) is 9.97 Å². The molecule has 6 nitrogen and oxygen atoms in total. The van der Waals surface area contributed by atoms with E-state index in [9.17, 15) is 0 Å². The van der Waals surface area contributed by atoms with Crippen LogP contribution >= 0.6 is 0 Å². The number of nitrogens with two attached hydrogens (primary N) is 1. The number of nitrogens with zero attached hydrogens (tertiary/aromatic N) is 3. The van der Waals surface area contributed by atoms with Crippen LogP contribution < -0.4 is 16.0 Å². The van der Waals surface area contributed by atoms with Gasteiger partial charge in [-0.3, -0.25) is 0 Å². The molecule has 1 heterocycles. The first-order valence-corrected chi connectivity index (χ1v) is 4.69. The van der Waals surface area contributed by atoms with Crippen LogP contribution in [0.25, 0.3) is 0 Å². The van der Waals surface area contributed by atoms with Gasteiger partial charge in [0.25, 0.3) is 0 Å². The molecule has 1 aromatic heterocycles. The molecule has 0 aromatic carbocycles. The number of hydrogen-bond acceptors (Lipinski definition) is 6. The molecule has 0 amide bonds. The fourth-order valence-electron chi connectivity index (χ4n) is 1.12. The van der Waals surface area contributed by atoms with Gasteiger partial charge >= 0.3 is 0 Å². The van der Waals surface area contributed by atoms with E-state index in [2.05, 4.69) is 15.3 Å². The molecule has 3 N–H and O–H groups in total. The fraction of sp³-hybridized carbons (Fsp3) is 0.556. The van der Waals surface area contributed by atoms with Crippen molar-refractivity contribution in [1.29, 1.82) is 0 Å². The van der Waals surface area contributed by atoms with Gasteiger partial charge in [0.1, 0.15) is 11.6 Å². The quantitative estimate of drug-likeness (QED) is 0.723. The van der Waals surface area contributed by atoms with E-state index in [1.807, 2.05) is 18.0 Å². The first-order chi connectivity index (χ1) is 7.17. The van der Waals surface area contributed by atoms with Crippen LogP contribution in [0.5, 0.6) is 0 Å². The van der Waals surface area contributed by atoms with Crippen LogP contribution in [0, 0.1) is 0 Å². The number of hydrogen-bond donors (Lipinski definition) is 2. The molecule has 0 spiro atoms. The maximum atomic E-state index is 5.58. The minimum atomic E-state index is 0.265. The Morgan fingerprint density at radius 2 is 2.27 bits per heavy atom. The largest absolute Gasteiger partial charge is 0.383 e. The molecule has 1 aromatic rings. The average Bonchev–Trinajstić information content (AvgIpc) is 2.24. The Balaban J connectivity index is 2.78. The van der Waals surface area contributed by atoms with E-state index < -0.39 is 0 Å². The summed E-state index contributed by atoms with van der Waals surface area (Å²) in [6.45, 7) is 1.41. The second-order valence-electron chi connectivity index (χ2n) is 3.13. The summed E-state index contributed by atoms with van der Waals surface area (Å²) in [6.07, 6.45) is 0. The smallest absolute Gasteiger partial charge is 0.223 e. The zero-order valence-corrected chi connectivity index (χ0v) is 9.32. The van der Waals surface area contributed by atoms with Gasteiger partial charge in [-0.05, 0) is 0 Å². The van der Waals surface area contributed by atoms with Crippen molar-refractivity contribution in [1.82, 2.24) is 9.97 Å². The summed E-state index contributed by atoms with van der Waals surface area (Å²) in [6, 6.07) is 1.84. The van der Waals surface area contributed by atoms with Gasteiger partial charge in [0.2, 0.25) is 5.95 Å². The van der Waals surface area contributed by atoms with Gasteiger partial charge in [0.15, 0.2) is 0 Å². The van der Waals surface area contributed by atoms with Crippen molar-refractivity contribution in [3.63, 3.8) is 0 Å². The number of nitrogens with one attached hydrogen (secondary N) is 1. The highest BCUT2D eigenvalue weighted by atomic mass is 16.5. The minimum absolute atomic E-state index is 0.265. The lowest BCUT2D eigenvalue weighted by atomic mass is 10.4. The third kappa shape index (κ3) is 3.25. The van der Waals surface area contributed by atoms with Crippen molar-refractivity contribution in [3.8, 4) is 0 Å². The van der Waals surface area contributed by atoms with E-state index in [0.29, 0.717) is 12.4 Å². The molecule has 0 aliphatic rings. The molecule has 0 atom stereocenters. The van der Waals surface area contributed by atoms with Crippen molar-refractivity contribution in [2.24, 2.45) is 0 Å². The fourth-order valence-corrected chi connectivity index (χ4v) is 1.12. The lowest BCUT2D eigenvalue weighted by Gasteiger charge is -2.18. The Bertz CT molecular complexity index is 317. The van der Waals surface area contributed by atoms with E-state index in [1.165, 1.54) is 0 Å². The summed E-state index contributed by atoms with van der Waals surface area (Å²) in [4.78, 5) is 10.1. The van der Waals surface area contributed by atoms with Crippen LogP contribution in [0.15, 0.2) is 6.07 Å². The predicted octanol–water partition coefficient (Wildman–Crippen LogP) is 0.183. The maximum Gasteiger partial charge on any atom is 0.223 e. The Kier molecular flexibility index (Phi) is 4.11. The van der Waals surface area contributed by atoms with Crippen LogP contribution in [0.1, 0.15) is 0 Å². The van der Waals surface area contributed by atoms with Gasteiger partial charge in [-0.25, -0.2) is 0 Å². The van der Waals surface area contributed by atoms with Gasteiger partial charge in [0, 0.05) is 33.8 Å². The van der Waals surface area contributed by atoms with Crippen molar-refractivity contribution in [3.05, 3.63) is 6.07 Å². The zero-order valence-electron chi connectivity index (χ0n) is 9.32. The van der Waals surface area contributed by atoms with Crippen LogP contribution in [0.2, 0.25) is 0 Å². The number of ether oxygens (including phenoxy) is 1. The highest BCUT2D eigenvalue weighted by molar-refractivity contribution is 5.51. The predicted molar refractivity (Wildman–Crippen MR) is 61.1 cm³/mol. The molecule has 1 rings (SSSR count). The summed E-state index contributed by atoms with van der Waals surface area (Å²) < 4.78 is 4.99. The number of aromatic nitrogens is 2. The number of likely N-dealkylation sites (N-methyl/N-ethyl adjacent to an activating group) is 1. The highest BCUT2D eigenvalue weighted by Crippen LogP contribution is 2.14. The molecule has 0 radical (unpaired) electrons. The lowest BCUT2D eigenvalue weighted by Crippen LogP contribution is -2.23. The van der Waals surface area contributed by atoms with Crippen molar-refractivity contribution >= 4 is 17.6 Å². The zero-order chi connectivity index (χ0) is 11.3. The highest BCUT2D eigenvalue weighted by Gasteiger charge is 2.05. The molecular formula is C9H17N5O. The van der Waals surface area contributed by atoms with Crippen molar-refractivity contribution in [2.75, 3.05) is 50.3 Å². The second-order valence-corrected chi connectivity index (χ2v) is 3.13. The topological polar surface area (TPSA) is 76.3 Å². The summed E-state index contributed by atoms with van der Waals surface area (Å²) in [5.74, 6) is 1.76. The Morgan fingerprint density at radius 1 is 1.53 bits per heavy atom. The molecule has 84 valence electrons. The molecule has 6 heteroatoms. The van der Waals surface area contributed by atoms with Crippen LogP contribution in [-0.4, -0.2) is 44.3 Å². The maximum absolute atomic E-state index is 5.58. The van der Waals surface area contributed by atoms with E-state index in [1.54, 1.807) is 14.2 Å². The third-order valence-electron chi connectivity index (χ3n) is 2.01. The first kappa shape index (κ1) is 11.5. The average molecular weight is 211 g/mol. The van der Waals surface area contributed by atoms with Gasteiger partial charge in [-0.15, -0.1) is 0 Å². The monoisotopic (exact) mass is 211 g/mol. The van der Waals surface area contributed by atoms with Gasteiger partial charge in [0.05, 0.1) is 6.61 Å². The summed E-state index contributed by atoms with van der Waals surface area (Å²) >= 11 is 0. The molecular weight excluding hydrogens is 194 g/mol. The summed E-state index contributed by atoms with van der Waals surface area (Å²) in [7, 11) is 5.39. The number of nitrogen functional groups attached to an aromatic ring is 1. The second kappa shape index (κ2) is 5.35. The van der Waals surface area contributed by atoms with Crippen LogP contribution in [0.3, 0.4) is 0 Å². The van der Waals surface area contributed by atoms with E-state index in [-0.39, 0.29) is 5.95 Å². The van der Waals surface area contributed by atoms with E-state index in [0.717, 1.165) is 12.4 Å². The molecule has 0 saturated heterocycles. The summed E-state index contributed by atoms with van der Waals surface area (Å²) in [5.41, 5.74) is 5.58. The molecule has 0 unspecified atom stereocenters. The van der Waals surface area contributed by atoms with Crippen molar-refractivity contribution in [2.45, 2.75) is 0 Å². The molecule has 0 bridgehead atoms. The Hall–Kier alpha value is -1.56. The molecule has 0 fully saturated rings. The van der Waals surface area contributed by atoms with Crippen molar-refractivity contribution < 1.29 is 4.74 Å². The Morgan fingerprint density at radius 3 is 2.87 bits per heavy atom. The molecule has 0 aliphatic heterocycles. The van der Waals surface area contributed by atoms with Crippen LogP contribution in [0.4, 0.5) is 17.6 Å². The molecule has 15 heavy (non-hydrogen) atoms. The van der Waals surface area contributed by atoms with Crippen LogP contribution in [-0.2, 0) is 4.74 Å². The van der Waals surface area contributed by atoms with E-state index >= 15 is 0 Å². The lowest BCUT2D eigenvalue weighted by molar-refractivity contribution is 0.206. The molecule has 0 saturated carbocycles. The minimum Gasteiger partial charge on any atom is -0.383 e. The van der Waals surface area contributed by atoms with E-state index in [4.69, 9.17) is 10.5 Å².